The molecule has 1 aromatic rings. The summed E-state index contributed by atoms with van der Waals surface area (Å²) in [5.74, 6) is -0.316. The molecule has 1 fully saturated rings. The molecule has 2 unspecified atom stereocenters. The fraction of sp³-hybridized carbons (Fsp3) is 0.526. The Morgan fingerprint density at radius 3 is 2.50 bits per heavy atom. The molecular weight excluding hydrogens is 274 g/mol. The average Bonchev–Trinajstić information content (AvgIpc) is 2.53. The van der Waals surface area contributed by atoms with E-state index < -0.39 is 5.92 Å². The van der Waals surface area contributed by atoms with E-state index in [2.05, 4.69) is 24.0 Å². The first-order valence-corrected chi connectivity index (χ1v) is 8.30. The van der Waals surface area contributed by atoms with Crippen molar-refractivity contribution < 1.29 is 9.59 Å². The van der Waals surface area contributed by atoms with E-state index in [0.717, 1.165) is 25.0 Å². The molecule has 3 heteroatoms. The van der Waals surface area contributed by atoms with E-state index in [1.165, 1.54) is 5.56 Å². The van der Waals surface area contributed by atoms with Gasteiger partial charge in [0.25, 0.3) is 0 Å². The first-order valence-electron chi connectivity index (χ1n) is 8.30. The highest BCUT2D eigenvalue weighted by molar-refractivity contribution is 6.22. The zero-order valence-electron chi connectivity index (χ0n) is 13.5. The number of carbonyl (C=O) groups excluding carboxylic acids is 2. The zero-order valence-corrected chi connectivity index (χ0v) is 13.5. The van der Waals surface area contributed by atoms with Gasteiger partial charge in [-0.05, 0) is 30.7 Å². The molecule has 0 aromatic heterocycles. The summed E-state index contributed by atoms with van der Waals surface area (Å²) in [6, 6.07) is 10.1. The molecule has 0 radical (unpaired) electrons. The summed E-state index contributed by atoms with van der Waals surface area (Å²) < 4.78 is 0. The van der Waals surface area contributed by atoms with Crippen LogP contribution in [0.15, 0.2) is 35.3 Å². The van der Waals surface area contributed by atoms with E-state index >= 15 is 0 Å². The van der Waals surface area contributed by atoms with Crippen molar-refractivity contribution in [2.24, 2.45) is 10.9 Å². The van der Waals surface area contributed by atoms with Crippen LogP contribution >= 0.6 is 0 Å². The average molecular weight is 299 g/mol. The smallest absolute Gasteiger partial charge is 0.149 e. The molecule has 22 heavy (non-hydrogen) atoms. The molecule has 0 aliphatic heterocycles. The Hall–Kier alpha value is -1.77. The first-order chi connectivity index (χ1) is 10.7. The van der Waals surface area contributed by atoms with Crippen LogP contribution in [0.25, 0.3) is 0 Å². The van der Waals surface area contributed by atoms with Crippen molar-refractivity contribution in [1.82, 2.24) is 0 Å². The predicted molar refractivity (Wildman–Crippen MR) is 89.4 cm³/mol. The van der Waals surface area contributed by atoms with E-state index in [1.54, 1.807) is 0 Å². The topological polar surface area (TPSA) is 46.5 Å². The maximum atomic E-state index is 12.6. The number of ketones is 2. The number of aliphatic imine (C=N–C) groups is 1. The quantitative estimate of drug-likeness (QED) is 0.746. The number of rotatable bonds is 6. The molecule has 2 rings (SSSR count). The van der Waals surface area contributed by atoms with Crippen molar-refractivity contribution in [3.8, 4) is 0 Å². The highest BCUT2D eigenvalue weighted by Crippen LogP contribution is 2.33. The van der Waals surface area contributed by atoms with Gasteiger partial charge in [-0.3, -0.25) is 14.6 Å². The van der Waals surface area contributed by atoms with Crippen LogP contribution in [0.2, 0.25) is 0 Å². The van der Waals surface area contributed by atoms with Gasteiger partial charge < -0.3 is 0 Å². The standard InChI is InChI=1S/C19H25NO2/c1-3-8-17(21)19-16(20-11-4-2)12-15(13-18(19)22)14-9-6-5-7-10-14/h5-7,9-10,15,19H,3-4,8,11-13H2,1-2H3. The van der Waals surface area contributed by atoms with E-state index in [9.17, 15) is 9.59 Å². The van der Waals surface area contributed by atoms with Crippen LogP contribution in [0.4, 0.5) is 0 Å². The molecule has 0 amide bonds. The van der Waals surface area contributed by atoms with Crippen LogP contribution in [0, 0.1) is 5.92 Å². The van der Waals surface area contributed by atoms with Crippen molar-refractivity contribution in [2.45, 2.75) is 51.9 Å². The third-order valence-corrected chi connectivity index (χ3v) is 4.19. The number of hydrogen-bond acceptors (Lipinski definition) is 3. The maximum Gasteiger partial charge on any atom is 0.149 e. The van der Waals surface area contributed by atoms with E-state index in [0.29, 0.717) is 19.4 Å². The van der Waals surface area contributed by atoms with E-state index in [4.69, 9.17) is 0 Å². The molecule has 0 spiro atoms. The first kappa shape index (κ1) is 16.6. The van der Waals surface area contributed by atoms with Crippen LogP contribution in [-0.2, 0) is 9.59 Å². The molecule has 2 atom stereocenters. The minimum Gasteiger partial charge on any atom is -0.298 e. The van der Waals surface area contributed by atoms with Crippen LogP contribution in [0.1, 0.15) is 57.4 Å². The van der Waals surface area contributed by atoms with Crippen molar-refractivity contribution in [3.63, 3.8) is 0 Å². The van der Waals surface area contributed by atoms with Crippen molar-refractivity contribution in [2.75, 3.05) is 6.54 Å². The third kappa shape index (κ3) is 3.90. The number of carbonyl (C=O) groups is 2. The number of nitrogens with zero attached hydrogens (tertiary/aromatic N) is 1. The molecule has 1 aliphatic carbocycles. The largest absolute Gasteiger partial charge is 0.298 e. The summed E-state index contributed by atoms with van der Waals surface area (Å²) in [7, 11) is 0. The molecule has 0 N–H and O–H groups in total. The van der Waals surface area contributed by atoms with Gasteiger partial charge >= 0.3 is 0 Å². The second-order valence-corrected chi connectivity index (χ2v) is 6.00. The fourth-order valence-corrected chi connectivity index (χ4v) is 3.12. The second-order valence-electron chi connectivity index (χ2n) is 6.00. The van der Waals surface area contributed by atoms with E-state index in [-0.39, 0.29) is 17.5 Å². The lowest BCUT2D eigenvalue weighted by Crippen LogP contribution is -2.38. The molecular formula is C19H25NO2. The second kappa shape index (κ2) is 8.02. The normalized spacial score (nSPS) is 23.7. The van der Waals surface area contributed by atoms with Gasteiger partial charge in [0.2, 0.25) is 0 Å². The SMILES string of the molecule is CCCN=C1CC(c2ccccc2)CC(=O)C1C(=O)CCC. The van der Waals surface area contributed by atoms with Crippen LogP contribution < -0.4 is 0 Å². The van der Waals surface area contributed by atoms with Gasteiger partial charge in [0.05, 0.1) is 0 Å². The summed E-state index contributed by atoms with van der Waals surface area (Å²) >= 11 is 0. The Bertz CT molecular complexity index is 548. The maximum absolute atomic E-state index is 12.6. The van der Waals surface area contributed by atoms with E-state index in [1.807, 2.05) is 25.1 Å². The Balaban J connectivity index is 2.24. The Morgan fingerprint density at radius 1 is 1.14 bits per heavy atom. The summed E-state index contributed by atoms with van der Waals surface area (Å²) in [6.45, 7) is 4.73. The zero-order chi connectivity index (χ0) is 15.9. The van der Waals surface area contributed by atoms with Crippen LogP contribution in [-0.4, -0.2) is 23.8 Å². The number of benzene rings is 1. The molecule has 0 heterocycles. The number of hydrogen-bond donors (Lipinski definition) is 0. The summed E-state index contributed by atoms with van der Waals surface area (Å²) in [6.07, 6.45) is 3.37. The van der Waals surface area contributed by atoms with Gasteiger partial charge in [0.1, 0.15) is 17.5 Å². The Morgan fingerprint density at radius 2 is 1.86 bits per heavy atom. The number of Topliss-reactive ketones (excluding diaryl/α,β-unsaturated/α-hetero) is 2. The Labute approximate surface area is 132 Å². The highest BCUT2D eigenvalue weighted by Gasteiger charge is 2.38. The molecule has 1 aromatic carbocycles. The minimum absolute atomic E-state index is 0.0495. The molecule has 118 valence electrons. The molecule has 0 bridgehead atoms. The molecule has 0 saturated heterocycles. The van der Waals surface area contributed by atoms with Crippen LogP contribution in [0.3, 0.4) is 0 Å². The van der Waals surface area contributed by atoms with Gasteiger partial charge in [0.15, 0.2) is 0 Å². The monoisotopic (exact) mass is 299 g/mol. The van der Waals surface area contributed by atoms with Crippen LogP contribution in [0.5, 0.6) is 0 Å². The van der Waals surface area contributed by atoms with Gasteiger partial charge in [-0.25, -0.2) is 0 Å². The lowest BCUT2D eigenvalue weighted by molar-refractivity contribution is -0.130. The van der Waals surface area contributed by atoms with Crippen molar-refractivity contribution in [3.05, 3.63) is 35.9 Å². The van der Waals surface area contributed by atoms with Crippen molar-refractivity contribution >= 4 is 17.3 Å². The minimum atomic E-state index is -0.577. The summed E-state index contributed by atoms with van der Waals surface area (Å²) in [5.41, 5.74) is 1.98. The van der Waals surface area contributed by atoms with Gasteiger partial charge in [-0.1, -0.05) is 44.2 Å². The lowest BCUT2D eigenvalue weighted by Gasteiger charge is -2.29. The molecule has 1 saturated carbocycles. The van der Waals surface area contributed by atoms with Gasteiger partial charge in [-0.15, -0.1) is 0 Å². The summed E-state index contributed by atoms with van der Waals surface area (Å²) in [4.78, 5) is 29.5. The van der Waals surface area contributed by atoms with Gasteiger partial charge in [-0.2, -0.15) is 0 Å². The van der Waals surface area contributed by atoms with Crippen molar-refractivity contribution in [1.29, 1.82) is 0 Å². The molecule has 1 aliphatic rings. The van der Waals surface area contributed by atoms with Gasteiger partial charge in [0, 0.05) is 25.1 Å². The Kier molecular flexibility index (Phi) is 6.05. The highest BCUT2D eigenvalue weighted by atomic mass is 16.2. The summed E-state index contributed by atoms with van der Waals surface area (Å²) in [5, 5.41) is 0. The fourth-order valence-electron chi connectivity index (χ4n) is 3.12. The third-order valence-electron chi connectivity index (χ3n) is 4.19. The lowest BCUT2D eigenvalue weighted by atomic mass is 9.74. The predicted octanol–water partition coefficient (Wildman–Crippen LogP) is 3.97. The molecule has 3 nitrogen and oxygen atoms in total.